The standard InChI is InChI=1S/C10H9O2.W/c1-3-10(11)12-9-6-4-8(2)5-7-9;/h4-7H,1H2,2H3;/q-1;. The summed E-state index contributed by atoms with van der Waals surface area (Å²) in [5, 5.41) is 0. The molecule has 0 spiro atoms. The van der Waals surface area contributed by atoms with E-state index in [1.165, 1.54) is 0 Å². The van der Waals surface area contributed by atoms with Crippen LogP contribution in [0.15, 0.2) is 30.8 Å². The summed E-state index contributed by atoms with van der Waals surface area (Å²) in [6, 6.07) is 7.19. The number of hydrogen-bond acceptors (Lipinski definition) is 2. The number of benzene rings is 1. The Hall–Kier alpha value is -0.882. The van der Waals surface area contributed by atoms with E-state index in [0.29, 0.717) is 5.75 Å². The number of esters is 1. The van der Waals surface area contributed by atoms with Crippen molar-refractivity contribution in [3.8, 4) is 5.75 Å². The fourth-order valence-electron chi connectivity index (χ4n) is 0.749. The van der Waals surface area contributed by atoms with Crippen molar-refractivity contribution in [2.75, 3.05) is 0 Å². The zero-order valence-electron chi connectivity index (χ0n) is 7.24. The van der Waals surface area contributed by atoms with Crippen molar-refractivity contribution in [3.63, 3.8) is 0 Å². The van der Waals surface area contributed by atoms with Crippen LogP contribution < -0.4 is 4.74 Å². The smallest absolute Gasteiger partial charge is 0.155 e. The van der Waals surface area contributed by atoms with Crippen LogP contribution in [0, 0.1) is 13.0 Å². The summed E-state index contributed by atoms with van der Waals surface area (Å²) in [5.74, 6) is -0.0411. The van der Waals surface area contributed by atoms with Gasteiger partial charge in [-0.2, -0.15) is 0 Å². The summed E-state index contributed by atoms with van der Waals surface area (Å²) < 4.78 is 4.81. The van der Waals surface area contributed by atoms with Crippen LogP contribution in [0.5, 0.6) is 5.75 Å². The molecule has 1 rings (SSSR count). The molecule has 68 valence electrons. The third-order valence-electron chi connectivity index (χ3n) is 1.38. The maximum Gasteiger partial charge on any atom is 0.155 e. The average Bonchev–Trinajstić information content (AvgIpc) is 2.09. The summed E-state index contributed by atoms with van der Waals surface area (Å²) in [4.78, 5) is 10.7. The summed E-state index contributed by atoms with van der Waals surface area (Å²) >= 11 is 0. The average molecular weight is 345 g/mol. The van der Waals surface area contributed by atoms with Crippen LogP contribution in [0.1, 0.15) is 5.56 Å². The monoisotopic (exact) mass is 345 g/mol. The van der Waals surface area contributed by atoms with Crippen molar-refractivity contribution in [2.24, 2.45) is 0 Å². The molecule has 0 aliphatic carbocycles. The van der Waals surface area contributed by atoms with E-state index in [1.54, 1.807) is 12.1 Å². The van der Waals surface area contributed by atoms with Gasteiger partial charge in [0.15, 0.2) is 5.97 Å². The number of carbonyl (C=O) groups is 1. The molecular formula is C10H9O2W-. The van der Waals surface area contributed by atoms with Crippen LogP contribution in [0.2, 0.25) is 0 Å². The van der Waals surface area contributed by atoms with E-state index in [2.05, 4.69) is 12.7 Å². The largest absolute Gasteiger partial charge is 0.454 e. The van der Waals surface area contributed by atoms with Gasteiger partial charge in [0, 0.05) is 21.1 Å². The fourth-order valence-corrected chi connectivity index (χ4v) is 0.749. The van der Waals surface area contributed by atoms with E-state index < -0.39 is 5.97 Å². The number of hydrogen-bond donors (Lipinski definition) is 0. The van der Waals surface area contributed by atoms with E-state index in [0.717, 1.165) is 5.56 Å². The molecule has 3 heteroatoms. The second-order valence-electron chi connectivity index (χ2n) is 2.38. The van der Waals surface area contributed by atoms with Crippen LogP contribution in [0.3, 0.4) is 0 Å². The first-order valence-corrected chi connectivity index (χ1v) is 3.54. The topological polar surface area (TPSA) is 26.3 Å². The molecule has 13 heavy (non-hydrogen) atoms. The predicted molar refractivity (Wildman–Crippen MR) is 45.7 cm³/mol. The van der Waals surface area contributed by atoms with Gasteiger partial charge in [0.25, 0.3) is 0 Å². The molecule has 1 aromatic rings. The first-order chi connectivity index (χ1) is 5.72. The van der Waals surface area contributed by atoms with E-state index in [-0.39, 0.29) is 21.1 Å². The van der Waals surface area contributed by atoms with Crippen molar-refractivity contribution >= 4 is 5.97 Å². The molecule has 0 N–H and O–H groups in total. The zero-order valence-corrected chi connectivity index (χ0v) is 10.2. The summed E-state index contributed by atoms with van der Waals surface area (Å²) in [5.41, 5.74) is 1.12. The van der Waals surface area contributed by atoms with Crippen molar-refractivity contribution in [3.05, 3.63) is 42.5 Å². The number of rotatable bonds is 2. The first kappa shape index (κ1) is 12.1. The van der Waals surface area contributed by atoms with Crippen LogP contribution in [-0.4, -0.2) is 5.97 Å². The normalized spacial score (nSPS) is 8.38. The van der Waals surface area contributed by atoms with E-state index in [1.807, 2.05) is 19.1 Å². The summed E-state index contributed by atoms with van der Waals surface area (Å²) in [6.07, 6.45) is 2.12. The molecule has 0 aromatic heterocycles. The van der Waals surface area contributed by atoms with Crippen LogP contribution in [0.4, 0.5) is 0 Å². The zero-order chi connectivity index (χ0) is 8.97. The van der Waals surface area contributed by atoms with Gasteiger partial charge in [-0.25, -0.2) is 0 Å². The molecule has 0 atom stereocenters. The van der Waals surface area contributed by atoms with Gasteiger partial charge in [-0.15, -0.1) is 0 Å². The van der Waals surface area contributed by atoms with Crippen LogP contribution in [0.25, 0.3) is 0 Å². The molecule has 1 aromatic carbocycles. The molecule has 0 bridgehead atoms. The Labute approximate surface area is 91.9 Å². The number of carbonyl (C=O) groups excluding carboxylic acids is 1. The molecule has 0 fully saturated rings. The predicted octanol–water partition coefficient (Wildman–Crippen LogP) is 1.89. The third kappa shape index (κ3) is 4.04. The maximum atomic E-state index is 10.7. The van der Waals surface area contributed by atoms with Crippen LogP contribution >= 0.6 is 0 Å². The minimum atomic E-state index is -0.557. The Bertz CT molecular complexity index is 290. The molecular weight excluding hydrogens is 336 g/mol. The van der Waals surface area contributed by atoms with Gasteiger partial charge in [0.05, 0.1) is 0 Å². The van der Waals surface area contributed by atoms with Gasteiger partial charge < -0.3 is 10.8 Å². The minimum Gasteiger partial charge on any atom is -0.454 e. The quantitative estimate of drug-likeness (QED) is 0.354. The molecule has 0 amide bonds. The number of ether oxygens (including phenoxy) is 1. The van der Waals surface area contributed by atoms with E-state index in [4.69, 9.17) is 4.74 Å². The molecule has 0 aliphatic heterocycles. The van der Waals surface area contributed by atoms with E-state index in [9.17, 15) is 4.79 Å². The Kier molecular flexibility index (Phi) is 5.32. The van der Waals surface area contributed by atoms with Gasteiger partial charge in [-0.3, -0.25) is 11.4 Å². The number of aryl methyl sites for hydroxylation is 1. The minimum absolute atomic E-state index is 0. The van der Waals surface area contributed by atoms with Gasteiger partial charge in [-0.1, -0.05) is 17.7 Å². The first-order valence-electron chi connectivity index (χ1n) is 3.54. The SMILES string of the molecule is C=[C-]C(=O)Oc1ccc(C)cc1.[W]. The van der Waals surface area contributed by atoms with Crippen molar-refractivity contribution in [1.82, 2.24) is 0 Å². The molecule has 0 aliphatic rings. The molecule has 0 heterocycles. The molecule has 0 saturated heterocycles. The fraction of sp³-hybridized carbons (Fsp3) is 0.100. The Morgan fingerprint density at radius 3 is 2.38 bits per heavy atom. The van der Waals surface area contributed by atoms with Crippen molar-refractivity contribution in [1.29, 1.82) is 0 Å². The molecule has 2 nitrogen and oxygen atoms in total. The van der Waals surface area contributed by atoms with Gasteiger partial charge in [0.2, 0.25) is 0 Å². The van der Waals surface area contributed by atoms with Crippen LogP contribution in [-0.2, 0) is 25.9 Å². The second-order valence-corrected chi connectivity index (χ2v) is 2.38. The third-order valence-corrected chi connectivity index (χ3v) is 1.38. The van der Waals surface area contributed by atoms with Gasteiger partial charge in [-0.05, 0) is 19.1 Å². The molecule has 0 radical (unpaired) electrons. The Balaban J connectivity index is 0.00000144. The van der Waals surface area contributed by atoms with Crippen molar-refractivity contribution in [2.45, 2.75) is 6.92 Å². The maximum absolute atomic E-state index is 10.7. The van der Waals surface area contributed by atoms with Gasteiger partial charge >= 0.3 is 0 Å². The van der Waals surface area contributed by atoms with Gasteiger partial charge in [0.1, 0.15) is 5.75 Å². The second kappa shape index (κ2) is 5.71. The molecule has 0 saturated carbocycles. The van der Waals surface area contributed by atoms with Crippen molar-refractivity contribution < 1.29 is 30.6 Å². The summed E-state index contributed by atoms with van der Waals surface area (Å²) in [7, 11) is 0. The van der Waals surface area contributed by atoms with E-state index >= 15 is 0 Å². The summed E-state index contributed by atoms with van der Waals surface area (Å²) in [6.45, 7) is 5.14. The molecule has 0 unspecified atom stereocenters. The Morgan fingerprint density at radius 2 is 1.92 bits per heavy atom. The Morgan fingerprint density at radius 1 is 1.38 bits per heavy atom.